The molecule has 2 heterocycles. The Morgan fingerprint density at radius 2 is 1.83 bits per heavy atom. The largest absolute Gasteiger partial charge is 0.481 e. The van der Waals surface area contributed by atoms with E-state index in [1.165, 1.54) is 25.7 Å². The Morgan fingerprint density at radius 1 is 1.17 bits per heavy atom. The van der Waals surface area contributed by atoms with Gasteiger partial charge in [0.25, 0.3) is 0 Å². The summed E-state index contributed by atoms with van der Waals surface area (Å²) in [4.78, 5) is 21.5. The van der Waals surface area contributed by atoms with Gasteiger partial charge >= 0.3 is 12.0 Å². The third-order valence-corrected chi connectivity index (χ3v) is 5.53. The Labute approximate surface area is 144 Å². The Kier molecular flexibility index (Phi) is 12.0. The number of carboxylic acids is 1. The maximum absolute atomic E-state index is 11.1. The number of carbonyl (C=O) groups excluding carboxylic acids is 1. The van der Waals surface area contributed by atoms with Crippen molar-refractivity contribution in [2.75, 3.05) is 5.75 Å². The van der Waals surface area contributed by atoms with E-state index in [1.54, 1.807) is 0 Å². The summed E-state index contributed by atoms with van der Waals surface area (Å²) in [5.41, 5.74) is 0. The highest BCUT2D eigenvalue weighted by atomic mass is 32.2. The van der Waals surface area contributed by atoms with Crippen molar-refractivity contribution >= 4 is 23.8 Å². The number of rotatable bonds is 8. The van der Waals surface area contributed by atoms with Gasteiger partial charge in [-0.3, -0.25) is 4.79 Å². The van der Waals surface area contributed by atoms with Gasteiger partial charge in [-0.25, -0.2) is 4.79 Å². The molecule has 0 aliphatic carbocycles. The van der Waals surface area contributed by atoms with Gasteiger partial charge in [0.1, 0.15) is 0 Å². The van der Waals surface area contributed by atoms with Crippen molar-refractivity contribution in [3.63, 3.8) is 0 Å². The van der Waals surface area contributed by atoms with Crippen LogP contribution in [0.1, 0.15) is 65.2 Å². The lowest BCUT2D eigenvalue weighted by atomic mass is 10.0. The van der Waals surface area contributed by atoms with Crippen LogP contribution in [0.2, 0.25) is 0 Å². The van der Waals surface area contributed by atoms with Crippen LogP contribution in [0.25, 0.3) is 0 Å². The zero-order valence-electron chi connectivity index (χ0n) is 14.5. The molecule has 0 aromatic heterocycles. The number of aliphatic carboxylic acids is 1. The van der Waals surface area contributed by atoms with Gasteiger partial charge in [-0.05, 0) is 12.8 Å². The fourth-order valence-electron chi connectivity index (χ4n) is 2.76. The van der Waals surface area contributed by atoms with Crippen molar-refractivity contribution < 1.29 is 14.7 Å². The van der Waals surface area contributed by atoms with E-state index in [2.05, 4.69) is 24.5 Å². The number of thioether (sulfide) groups is 1. The fraction of sp³-hybridized carbons (Fsp3) is 0.875. The van der Waals surface area contributed by atoms with Gasteiger partial charge < -0.3 is 21.9 Å². The Morgan fingerprint density at radius 3 is 2.39 bits per heavy atom. The lowest BCUT2D eigenvalue weighted by Gasteiger charge is -2.16. The average molecular weight is 348 g/mol. The molecule has 0 bridgehead atoms. The molecule has 6 nitrogen and oxygen atoms in total. The molecule has 2 saturated heterocycles. The van der Waals surface area contributed by atoms with Crippen molar-refractivity contribution in [3.8, 4) is 0 Å². The zero-order chi connectivity index (χ0) is 16.4. The van der Waals surface area contributed by atoms with Gasteiger partial charge in [0.2, 0.25) is 0 Å². The SMILES string of the molecule is CCCCCC.N.O=C(O)CCCC[C@@H]1SC[C@@H]2NC(=O)N[C@@H]21. The number of urea groups is 1. The van der Waals surface area contributed by atoms with Crippen LogP contribution >= 0.6 is 11.8 Å². The molecule has 3 atom stereocenters. The minimum Gasteiger partial charge on any atom is -0.481 e. The Balaban J connectivity index is 0.000000599. The highest BCUT2D eigenvalue weighted by molar-refractivity contribution is 8.00. The monoisotopic (exact) mass is 347 g/mol. The van der Waals surface area contributed by atoms with Gasteiger partial charge in [0, 0.05) is 17.4 Å². The summed E-state index contributed by atoms with van der Waals surface area (Å²) < 4.78 is 0. The predicted octanol–water partition coefficient (Wildman–Crippen LogP) is 3.55. The van der Waals surface area contributed by atoms with Crippen LogP contribution in [-0.2, 0) is 4.79 Å². The van der Waals surface area contributed by atoms with E-state index in [1.807, 2.05) is 11.8 Å². The minimum atomic E-state index is -0.729. The summed E-state index contributed by atoms with van der Waals surface area (Å²) in [5.74, 6) is 0.236. The number of fused-ring (bicyclic) bond motifs is 1. The van der Waals surface area contributed by atoms with E-state index in [4.69, 9.17) is 5.11 Å². The first-order valence-corrected chi connectivity index (χ1v) is 9.53. The molecule has 23 heavy (non-hydrogen) atoms. The van der Waals surface area contributed by atoms with E-state index >= 15 is 0 Å². The maximum atomic E-state index is 11.1. The maximum Gasteiger partial charge on any atom is 0.315 e. The first kappa shape index (κ1) is 22.1. The second-order valence-electron chi connectivity index (χ2n) is 5.97. The van der Waals surface area contributed by atoms with E-state index < -0.39 is 5.97 Å². The zero-order valence-corrected chi connectivity index (χ0v) is 15.3. The van der Waals surface area contributed by atoms with Crippen molar-refractivity contribution in [3.05, 3.63) is 0 Å². The lowest BCUT2D eigenvalue weighted by Crippen LogP contribution is -2.36. The Bertz CT molecular complexity index is 351. The van der Waals surface area contributed by atoms with Gasteiger partial charge in [0.15, 0.2) is 0 Å². The number of amides is 2. The summed E-state index contributed by atoms with van der Waals surface area (Å²) in [6.07, 6.45) is 8.42. The molecule has 2 fully saturated rings. The molecular formula is C16H33N3O3S. The van der Waals surface area contributed by atoms with Crippen LogP contribution in [0.5, 0.6) is 0 Å². The third kappa shape index (κ3) is 8.46. The molecule has 0 radical (unpaired) electrons. The fourth-order valence-corrected chi connectivity index (χ4v) is 4.31. The highest BCUT2D eigenvalue weighted by Gasteiger charge is 2.42. The number of carboxylic acid groups (broad SMARTS) is 1. The average Bonchev–Trinajstić information content (AvgIpc) is 3.01. The van der Waals surface area contributed by atoms with E-state index in [9.17, 15) is 9.59 Å². The first-order valence-electron chi connectivity index (χ1n) is 8.48. The van der Waals surface area contributed by atoms with Crippen molar-refractivity contribution in [1.29, 1.82) is 0 Å². The Hall–Kier alpha value is -0.950. The number of hydrogen-bond acceptors (Lipinski definition) is 4. The molecule has 2 aliphatic heterocycles. The minimum absolute atomic E-state index is 0. The predicted molar refractivity (Wildman–Crippen MR) is 96.4 cm³/mol. The van der Waals surface area contributed by atoms with Crippen molar-refractivity contribution in [2.45, 2.75) is 82.5 Å². The van der Waals surface area contributed by atoms with E-state index in [0.29, 0.717) is 5.25 Å². The second-order valence-corrected chi connectivity index (χ2v) is 7.24. The van der Waals surface area contributed by atoms with Crippen LogP contribution < -0.4 is 16.8 Å². The normalized spacial score (nSPS) is 24.6. The quantitative estimate of drug-likeness (QED) is 0.396. The van der Waals surface area contributed by atoms with Gasteiger partial charge in [-0.1, -0.05) is 46.0 Å². The van der Waals surface area contributed by atoms with Crippen molar-refractivity contribution in [1.82, 2.24) is 16.8 Å². The van der Waals surface area contributed by atoms with Gasteiger partial charge in [-0.2, -0.15) is 11.8 Å². The third-order valence-electron chi connectivity index (χ3n) is 4.02. The van der Waals surface area contributed by atoms with Crippen LogP contribution in [0.15, 0.2) is 0 Å². The summed E-state index contributed by atoms with van der Waals surface area (Å²) in [6, 6.07) is 0.440. The standard InChI is InChI=1S/C10H16N2O3S.C6H14.H3N/c13-8(14)4-2-1-3-7-9-6(5-16-7)11-10(15)12-9;1-3-5-6-4-2;/h6-7,9H,1-5H2,(H,13,14)(H2,11,12,15);3-6H2,1-2H3;1H3/t6-,7-,9-;;/m0../s1. The number of hydrogen-bond donors (Lipinski definition) is 4. The topological polar surface area (TPSA) is 113 Å². The molecule has 0 unspecified atom stereocenters. The second kappa shape index (κ2) is 12.5. The summed E-state index contributed by atoms with van der Waals surface area (Å²) in [5, 5.41) is 14.8. The molecule has 7 heteroatoms. The molecule has 0 spiro atoms. The molecule has 0 aromatic carbocycles. The molecule has 0 saturated carbocycles. The molecule has 6 N–H and O–H groups in total. The molecule has 2 amide bonds. The molecule has 0 aromatic rings. The molecule has 136 valence electrons. The number of nitrogens with one attached hydrogen (secondary N) is 2. The van der Waals surface area contributed by atoms with Crippen LogP contribution in [0.3, 0.4) is 0 Å². The lowest BCUT2D eigenvalue weighted by molar-refractivity contribution is -0.137. The molecule has 2 rings (SSSR count). The number of unbranched alkanes of at least 4 members (excludes halogenated alkanes) is 4. The number of carbonyl (C=O) groups is 2. The molecule has 2 aliphatic rings. The van der Waals surface area contributed by atoms with Gasteiger partial charge in [-0.15, -0.1) is 0 Å². The van der Waals surface area contributed by atoms with Gasteiger partial charge in [0.05, 0.1) is 12.1 Å². The first-order chi connectivity index (χ1) is 10.6. The smallest absolute Gasteiger partial charge is 0.315 e. The van der Waals surface area contributed by atoms with Crippen molar-refractivity contribution in [2.24, 2.45) is 0 Å². The highest BCUT2D eigenvalue weighted by Crippen LogP contribution is 2.33. The van der Waals surface area contributed by atoms with E-state index in [-0.39, 0.29) is 30.7 Å². The van der Waals surface area contributed by atoms with E-state index in [0.717, 1.165) is 25.0 Å². The van der Waals surface area contributed by atoms with Crippen LogP contribution in [-0.4, -0.2) is 40.2 Å². The summed E-state index contributed by atoms with van der Waals surface area (Å²) in [6.45, 7) is 4.46. The van der Waals surface area contributed by atoms with Crippen LogP contribution in [0, 0.1) is 0 Å². The molecular weight excluding hydrogens is 314 g/mol. The summed E-state index contributed by atoms with van der Waals surface area (Å²) in [7, 11) is 0. The van der Waals surface area contributed by atoms with Crippen LogP contribution in [0.4, 0.5) is 4.79 Å². The summed E-state index contributed by atoms with van der Waals surface area (Å²) >= 11 is 1.87.